The molecule has 3 rings (SSSR count). The molecule has 13 heteroatoms. The molecule has 162 valence electrons. The Bertz CT molecular complexity index is 1120. The number of carbonyl (C=O) groups is 1. The first-order valence-electron chi connectivity index (χ1n) is 8.57. The van der Waals surface area contributed by atoms with Crippen LogP contribution in [0.25, 0.3) is 0 Å². The minimum Gasteiger partial charge on any atom is -0.330 e. The van der Waals surface area contributed by atoms with Gasteiger partial charge >= 0.3 is 6.18 Å². The summed E-state index contributed by atoms with van der Waals surface area (Å²) in [5.41, 5.74) is -0.681. The fourth-order valence-corrected chi connectivity index (χ4v) is 4.04. The van der Waals surface area contributed by atoms with Crippen LogP contribution in [0.4, 0.5) is 35.4 Å². The summed E-state index contributed by atoms with van der Waals surface area (Å²) in [7, 11) is 0. The summed E-state index contributed by atoms with van der Waals surface area (Å²) >= 11 is 2.20. The molecule has 0 saturated heterocycles. The number of nitro benzene ring substituents is 1. The fourth-order valence-electron chi connectivity index (χ4n) is 2.47. The lowest BCUT2D eigenvalue weighted by Crippen LogP contribution is -2.18. The Balaban J connectivity index is 1.62. The Labute approximate surface area is 182 Å². The number of nitro groups is 1. The number of amides is 1. The lowest BCUT2D eigenvalue weighted by Gasteiger charge is -2.13. The smallest absolute Gasteiger partial charge is 0.330 e. The highest BCUT2D eigenvalue weighted by molar-refractivity contribution is 8.01. The molecule has 1 amide bonds. The number of rotatable bonds is 7. The van der Waals surface area contributed by atoms with Gasteiger partial charge in [-0.2, -0.15) is 13.2 Å². The van der Waals surface area contributed by atoms with Crippen molar-refractivity contribution >= 4 is 51.2 Å². The number of nitrogens with one attached hydrogen (secondary N) is 2. The van der Waals surface area contributed by atoms with Crippen LogP contribution in [0, 0.1) is 17.0 Å². The lowest BCUT2D eigenvalue weighted by atomic mass is 10.1. The van der Waals surface area contributed by atoms with Crippen LogP contribution >= 0.6 is 23.1 Å². The molecule has 1 heterocycles. The number of thioether (sulfide) groups is 1. The van der Waals surface area contributed by atoms with Gasteiger partial charge in [0.2, 0.25) is 11.0 Å². The second-order valence-corrected chi connectivity index (χ2v) is 8.39. The standard InChI is InChI=1S/C18H14F3N5O3S2/c1-10-3-2-4-11(7-10)22-16-24-25-17(31-16)30-9-15(27)23-14-6-5-12(26(28)29)8-13(14)18(19,20)21/h2-8H,9H2,1H3,(H,22,24)(H,23,27). The maximum atomic E-state index is 13.2. The second-order valence-electron chi connectivity index (χ2n) is 6.19. The van der Waals surface area contributed by atoms with Crippen LogP contribution in [0.2, 0.25) is 0 Å². The van der Waals surface area contributed by atoms with Gasteiger partial charge in [-0.15, -0.1) is 10.2 Å². The van der Waals surface area contributed by atoms with E-state index in [1.165, 1.54) is 11.3 Å². The first-order chi connectivity index (χ1) is 14.6. The predicted octanol–water partition coefficient (Wildman–Crippen LogP) is 5.25. The largest absolute Gasteiger partial charge is 0.418 e. The number of hydrogen-bond donors (Lipinski definition) is 2. The van der Waals surface area contributed by atoms with Crippen molar-refractivity contribution in [2.45, 2.75) is 17.4 Å². The van der Waals surface area contributed by atoms with Gasteiger partial charge in [0.15, 0.2) is 4.34 Å². The third kappa shape index (κ3) is 6.15. The Morgan fingerprint density at radius 3 is 2.68 bits per heavy atom. The molecule has 0 aliphatic heterocycles. The topological polar surface area (TPSA) is 110 Å². The summed E-state index contributed by atoms with van der Waals surface area (Å²) < 4.78 is 40.0. The van der Waals surface area contributed by atoms with Crippen LogP contribution in [0.5, 0.6) is 0 Å². The molecule has 1 aromatic heterocycles. The maximum absolute atomic E-state index is 13.2. The molecule has 0 radical (unpaired) electrons. The van der Waals surface area contributed by atoms with Gasteiger partial charge in [-0.1, -0.05) is 35.2 Å². The highest BCUT2D eigenvalue weighted by Crippen LogP contribution is 2.37. The number of nitrogens with zero attached hydrogens (tertiary/aromatic N) is 3. The fraction of sp³-hybridized carbons (Fsp3) is 0.167. The number of hydrogen-bond acceptors (Lipinski definition) is 8. The minimum absolute atomic E-state index is 0.215. The highest BCUT2D eigenvalue weighted by Gasteiger charge is 2.35. The molecule has 0 unspecified atom stereocenters. The molecule has 2 N–H and O–H groups in total. The molecule has 2 aromatic carbocycles. The van der Waals surface area contributed by atoms with Crippen molar-refractivity contribution in [1.82, 2.24) is 10.2 Å². The van der Waals surface area contributed by atoms with Crippen molar-refractivity contribution in [3.8, 4) is 0 Å². The summed E-state index contributed by atoms with van der Waals surface area (Å²) in [4.78, 5) is 21.9. The van der Waals surface area contributed by atoms with Crippen molar-refractivity contribution in [3.63, 3.8) is 0 Å². The van der Waals surface area contributed by atoms with Crippen LogP contribution in [0.15, 0.2) is 46.8 Å². The molecular formula is C18H14F3N5O3S2. The summed E-state index contributed by atoms with van der Waals surface area (Å²) in [6.07, 6.45) is -4.86. The van der Waals surface area contributed by atoms with Gasteiger partial charge in [0.05, 0.1) is 21.9 Å². The molecule has 0 bridgehead atoms. The number of carbonyl (C=O) groups excluding carboxylic acids is 1. The number of alkyl halides is 3. The van der Waals surface area contributed by atoms with E-state index >= 15 is 0 Å². The average molecular weight is 469 g/mol. The van der Waals surface area contributed by atoms with E-state index in [0.717, 1.165) is 35.1 Å². The molecule has 0 aliphatic rings. The maximum Gasteiger partial charge on any atom is 0.418 e. The number of halogens is 3. The molecule has 0 saturated carbocycles. The van der Waals surface area contributed by atoms with Crippen LogP contribution in [0.3, 0.4) is 0 Å². The van der Waals surface area contributed by atoms with Gasteiger partial charge in [-0.25, -0.2) is 0 Å². The first kappa shape index (κ1) is 22.5. The van der Waals surface area contributed by atoms with E-state index in [4.69, 9.17) is 0 Å². The lowest BCUT2D eigenvalue weighted by molar-refractivity contribution is -0.385. The zero-order valence-electron chi connectivity index (χ0n) is 15.8. The molecule has 0 fully saturated rings. The van der Waals surface area contributed by atoms with Crippen molar-refractivity contribution < 1.29 is 22.9 Å². The molecule has 0 atom stereocenters. The third-order valence-corrected chi connectivity index (χ3v) is 5.77. The molecule has 0 spiro atoms. The number of non-ortho nitro benzene ring substituents is 1. The van der Waals surface area contributed by atoms with E-state index in [0.29, 0.717) is 15.5 Å². The van der Waals surface area contributed by atoms with Crippen LogP contribution < -0.4 is 10.6 Å². The molecule has 3 aromatic rings. The summed E-state index contributed by atoms with van der Waals surface area (Å²) in [5, 5.41) is 24.4. The Morgan fingerprint density at radius 2 is 2.00 bits per heavy atom. The van der Waals surface area contributed by atoms with Crippen molar-refractivity contribution in [1.29, 1.82) is 0 Å². The van der Waals surface area contributed by atoms with Crippen LogP contribution in [0.1, 0.15) is 11.1 Å². The SMILES string of the molecule is Cc1cccc(Nc2nnc(SCC(=O)Nc3ccc([N+](=O)[O-])cc3C(F)(F)F)s2)c1. The highest BCUT2D eigenvalue weighted by atomic mass is 32.2. The Morgan fingerprint density at radius 1 is 1.23 bits per heavy atom. The van der Waals surface area contributed by atoms with E-state index in [9.17, 15) is 28.1 Å². The van der Waals surface area contributed by atoms with Crippen LogP contribution in [-0.4, -0.2) is 26.8 Å². The molecule has 31 heavy (non-hydrogen) atoms. The molecule has 8 nitrogen and oxygen atoms in total. The van der Waals surface area contributed by atoms with Gasteiger partial charge < -0.3 is 10.6 Å². The van der Waals surface area contributed by atoms with Gasteiger partial charge in [-0.3, -0.25) is 14.9 Å². The second kappa shape index (κ2) is 9.31. The summed E-state index contributed by atoms with van der Waals surface area (Å²) in [6.45, 7) is 1.94. The summed E-state index contributed by atoms with van der Waals surface area (Å²) in [5.74, 6) is -0.930. The van der Waals surface area contributed by atoms with E-state index in [1.807, 2.05) is 31.2 Å². The van der Waals surface area contributed by atoms with E-state index in [1.54, 1.807) is 0 Å². The van der Waals surface area contributed by atoms with Crippen LogP contribution in [-0.2, 0) is 11.0 Å². The average Bonchev–Trinajstić information content (AvgIpc) is 3.13. The number of anilines is 3. The normalized spacial score (nSPS) is 11.2. The van der Waals surface area contributed by atoms with E-state index in [2.05, 4.69) is 20.8 Å². The summed E-state index contributed by atoms with van der Waals surface area (Å²) in [6, 6.07) is 9.74. The quantitative estimate of drug-likeness (QED) is 0.276. The number of aromatic nitrogens is 2. The number of aryl methyl sites for hydroxylation is 1. The van der Waals surface area contributed by atoms with Gasteiger partial charge in [0.25, 0.3) is 5.69 Å². The third-order valence-electron chi connectivity index (χ3n) is 3.80. The van der Waals surface area contributed by atoms with Gasteiger partial charge in [0, 0.05) is 17.8 Å². The number of benzene rings is 2. The zero-order valence-corrected chi connectivity index (χ0v) is 17.4. The molecular weight excluding hydrogens is 455 g/mol. The Kier molecular flexibility index (Phi) is 6.75. The van der Waals surface area contributed by atoms with Crippen molar-refractivity contribution in [2.75, 3.05) is 16.4 Å². The monoisotopic (exact) mass is 469 g/mol. The zero-order chi connectivity index (χ0) is 22.6. The predicted molar refractivity (Wildman–Crippen MR) is 112 cm³/mol. The molecule has 0 aliphatic carbocycles. The first-order valence-corrected chi connectivity index (χ1v) is 10.4. The van der Waals surface area contributed by atoms with Gasteiger partial charge in [-0.05, 0) is 30.7 Å². The minimum atomic E-state index is -4.86. The van der Waals surface area contributed by atoms with E-state index in [-0.39, 0.29) is 5.75 Å². The van der Waals surface area contributed by atoms with E-state index < -0.39 is 33.9 Å². The van der Waals surface area contributed by atoms with Crippen molar-refractivity contribution in [2.24, 2.45) is 0 Å². The van der Waals surface area contributed by atoms with Gasteiger partial charge in [0.1, 0.15) is 0 Å². The Hall–Kier alpha value is -3.19. The van der Waals surface area contributed by atoms with Crippen molar-refractivity contribution in [3.05, 3.63) is 63.7 Å².